The Hall–Kier alpha value is -2.24. The minimum absolute atomic E-state index is 0.0115. The summed E-state index contributed by atoms with van der Waals surface area (Å²) in [5.74, 6) is 0.688. The molecule has 0 fully saturated rings. The van der Waals surface area contributed by atoms with E-state index < -0.39 is 0 Å². The first-order chi connectivity index (χ1) is 12.3. The molecule has 1 N–H and O–H groups in total. The third kappa shape index (κ3) is 7.45. The standard InChI is InChI=1S/C20H26N2O3/c1-2-3-4-5-17-6-8-18(9-7-17)21-22-19-10-12-20(13-11-19)25-16-24-15-14-23/h6-13,23H,2-5,14-16H2,1H3/b22-21+. The zero-order valence-corrected chi connectivity index (χ0v) is 14.7. The summed E-state index contributed by atoms with van der Waals surface area (Å²) in [4.78, 5) is 0. The summed E-state index contributed by atoms with van der Waals surface area (Å²) in [6.07, 6.45) is 4.87. The monoisotopic (exact) mass is 342 g/mol. The topological polar surface area (TPSA) is 63.4 Å². The number of aliphatic hydroxyl groups excluding tert-OH is 1. The number of hydrogen-bond donors (Lipinski definition) is 1. The Morgan fingerprint density at radius 1 is 0.880 bits per heavy atom. The zero-order chi connectivity index (χ0) is 17.7. The first-order valence-corrected chi connectivity index (χ1v) is 8.74. The smallest absolute Gasteiger partial charge is 0.189 e. The third-order valence-electron chi connectivity index (χ3n) is 3.67. The molecule has 134 valence electrons. The van der Waals surface area contributed by atoms with Crippen LogP contribution in [0.4, 0.5) is 11.4 Å². The van der Waals surface area contributed by atoms with Gasteiger partial charge >= 0.3 is 0 Å². The number of unbranched alkanes of at least 4 members (excludes halogenated alkanes) is 2. The normalized spacial score (nSPS) is 11.1. The maximum atomic E-state index is 8.61. The van der Waals surface area contributed by atoms with Gasteiger partial charge in [0.05, 0.1) is 24.6 Å². The van der Waals surface area contributed by atoms with Crippen molar-refractivity contribution in [1.82, 2.24) is 0 Å². The number of benzene rings is 2. The molecule has 2 aromatic carbocycles. The molecule has 0 radical (unpaired) electrons. The summed E-state index contributed by atoms with van der Waals surface area (Å²) in [7, 11) is 0. The lowest BCUT2D eigenvalue weighted by Gasteiger charge is -2.05. The highest BCUT2D eigenvalue weighted by Gasteiger charge is 1.97. The number of nitrogens with zero attached hydrogens (tertiary/aromatic N) is 2. The van der Waals surface area contributed by atoms with Crippen molar-refractivity contribution in [3.63, 3.8) is 0 Å². The van der Waals surface area contributed by atoms with Crippen LogP contribution < -0.4 is 4.74 Å². The fourth-order valence-electron chi connectivity index (χ4n) is 2.27. The average molecular weight is 342 g/mol. The Balaban J connectivity index is 1.82. The van der Waals surface area contributed by atoms with Gasteiger partial charge in [-0.05, 0) is 54.8 Å². The molecular formula is C20H26N2O3. The van der Waals surface area contributed by atoms with Gasteiger partial charge in [-0.25, -0.2) is 0 Å². The molecule has 0 heterocycles. The molecule has 2 aromatic rings. The van der Waals surface area contributed by atoms with Gasteiger partial charge in [-0.1, -0.05) is 31.9 Å². The molecule has 0 saturated carbocycles. The number of aryl methyl sites for hydroxylation is 1. The molecule has 0 amide bonds. The molecule has 0 atom stereocenters. The Morgan fingerprint density at radius 3 is 2.12 bits per heavy atom. The lowest BCUT2D eigenvalue weighted by atomic mass is 10.1. The second-order valence-electron chi connectivity index (χ2n) is 5.71. The van der Waals surface area contributed by atoms with E-state index in [4.69, 9.17) is 14.6 Å². The van der Waals surface area contributed by atoms with E-state index in [1.54, 1.807) is 0 Å². The van der Waals surface area contributed by atoms with Crippen molar-refractivity contribution < 1.29 is 14.6 Å². The summed E-state index contributed by atoms with van der Waals surface area (Å²) >= 11 is 0. The number of azo groups is 1. The summed E-state index contributed by atoms with van der Waals surface area (Å²) < 4.78 is 10.4. The second-order valence-corrected chi connectivity index (χ2v) is 5.71. The van der Waals surface area contributed by atoms with E-state index in [1.165, 1.54) is 24.8 Å². The molecule has 5 heteroatoms. The number of hydrogen-bond acceptors (Lipinski definition) is 5. The Labute approximate surface area is 149 Å². The predicted molar refractivity (Wildman–Crippen MR) is 98.8 cm³/mol. The van der Waals surface area contributed by atoms with Crippen LogP contribution in [-0.2, 0) is 11.2 Å². The maximum absolute atomic E-state index is 8.61. The fraction of sp³-hybridized carbons (Fsp3) is 0.400. The summed E-state index contributed by atoms with van der Waals surface area (Å²) in [5, 5.41) is 17.1. The van der Waals surface area contributed by atoms with Crippen LogP contribution in [0.3, 0.4) is 0 Å². The van der Waals surface area contributed by atoms with Gasteiger partial charge in [0.1, 0.15) is 5.75 Å². The van der Waals surface area contributed by atoms with Crippen molar-refractivity contribution in [2.75, 3.05) is 20.0 Å². The number of rotatable bonds is 11. The van der Waals surface area contributed by atoms with Gasteiger partial charge < -0.3 is 14.6 Å². The molecule has 25 heavy (non-hydrogen) atoms. The van der Waals surface area contributed by atoms with Gasteiger partial charge in [0.2, 0.25) is 0 Å². The number of ether oxygens (including phenoxy) is 2. The lowest BCUT2D eigenvalue weighted by Crippen LogP contribution is -2.06. The molecule has 0 unspecified atom stereocenters. The highest BCUT2D eigenvalue weighted by atomic mass is 16.7. The SMILES string of the molecule is CCCCCc1ccc(/N=N/c2ccc(OCOCCO)cc2)cc1. The van der Waals surface area contributed by atoms with E-state index in [0.717, 1.165) is 17.8 Å². The Morgan fingerprint density at radius 2 is 1.52 bits per heavy atom. The van der Waals surface area contributed by atoms with Crippen molar-refractivity contribution in [2.45, 2.75) is 32.6 Å². The van der Waals surface area contributed by atoms with Crippen LogP contribution in [-0.4, -0.2) is 25.1 Å². The molecule has 0 spiro atoms. The molecule has 0 aliphatic carbocycles. The highest BCUT2D eigenvalue weighted by molar-refractivity contribution is 5.43. The molecule has 0 aliphatic heterocycles. The fourth-order valence-corrected chi connectivity index (χ4v) is 2.27. The molecule has 2 rings (SSSR count). The minimum atomic E-state index is -0.0115. The van der Waals surface area contributed by atoms with Crippen molar-refractivity contribution in [3.8, 4) is 5.75 Å². The lowest BCUT2D eigenvalue weighted by molar-refractivity contribution is -0.00103. The maximum Gasteiger partial charge on any atom is 0.189 e. The van der Waals surface area contributed by atoms with Crippen LogP contribution in [0, 0.1) is 0 Å². The summed E-state index contributed by atoms with van der Waals surface area (Å²) in [5.41, 5.74) is 2.95. The average Bonchev–Trinajstić information content (AvgIpc) is 2.66. The van der Waals surface area contributed by atoms with Crippen molar-refractivity contribution in [2.24, 2.45) is 10.2 Å². The van der Waals surface area contributed by atoms with Gasteiger partial charge in [0.25, 0.3) is 0 Å². The largest absolute Gasteiger partial charge is 0.468 e. The molecule has 0 aliphatic rings. The van der Waals surface area contributed by atoms with E-state index in [-0.39, 0.29) is 20.0 Å². The van der Waals surface area contributed by atoms with E-state index in [1.807, 2.05) is 36.4 Å². The second kappa shape index (κ2) is 11.3. The summed E-state index contributed by atoms with van der Waals surface area (Å²) in [6.45, 7) is 2.59. The van der Waals surface area contributed by atoms with Crippen molar-refractivity contribution in [1.29, 1.82) is 0 Å². The Bertz CT molecular complexity index is 624. The first kappa shape index (κ1) is 19.1. The minimum Gasteiger partial charge on any atom is -0.468 e. The van der Waals surface area contributed by atoms with Crippen LogP contribution in [0.1, 0.15) is 31.7 Å². The van der Waals surface area contributed by atoms with Gasteiger partial charge in [-0.15, -0.1) is 0 Å². The van der Waals surface area contributed by atoms with Crippen LogP contribution in [0.2, 0.25) is 0 Å². The van der Waals surface area contributed by atoms with Gasteiger partial charge in [-0.2, -0.15) is 10.2 Å². The van der Waals surface area contributed by atoms with Gasteiger partial charge in [0.15, 0.2) is 6.79 Å². The quantitative estimate of drug-likeness (QED) is 0.348. The van der Waals surface area contributed by atoms with Crippen LogP contribution in [0.15, 0.2) is 58.8 Å². The first-order valence-electron chi connectivity index (χ1n) is 8.74. The Kier molecular flexibility index (Phi) is 8.66. The molecular weight excluding hydrogens is 316 g/mol. The van der Waals surface area contributed by atoms with Crippen LogP contribution >= 0.6 is 0 Å². The number of aliphatic hydroxyl groups is 1. The highest BCUT2D eigenvalue weighted by Crippen LogP contribution is 2.22. The third-order valence-corrected chi connectivity index (χ3v) is 3.67. The van der Waals surface area contributed by atoms with E-state index in [9.17, 15) is 0 Å². The molecule has 0 aromatic heterocycles. The molecule has 0 bridgehead atoms. The van der Waals surface area contributed by atoms with E-state index >= 15 is 0 Å². The zero-order valence-electron chi connectivity index (χ0n) is 14.7. The van der Waals surface area contributed by atoms with Gasteiger partial charge in [-0.3, -0.25) is 0 Å². The van der Waals surface area contributed by atoms with Crippen molar-refractivity contribution >= 4 is 11.4 Å². The van der Waals surface area contributed by atoms with Crippen molar-refractivity contribution in [3.05, 3.63) is 54.1 Å². The summed E-state index contributed by atoms with van der Waals surface area (Å²) in [6, 6.07) is 15.5. The van der Waals surface area contributed by atoms with Gasteiger partial charge in [0, 0.05) is 0 Å². The van der Waals surface area contributed by atoms with E-state index in [0.29, 0.717) is 5.75 Å². The molecule has 0 saturated heterocycles. The van der Waals surface area contributed by atoms with Crippen LogP contribution in [0.25, 0.3) is 0 Å². The van der Waals surface area contributed by atoms with E-state index in [2.05, 4.69) is 29.3 Å². The van der Waals surface area contributed by atoms with Crippen LogP contribution in [0.5, 0.6) is 5.75 Å². The molecule has 5 nitrogen and oxygen atoms in total. The predicted octanol–water partition coefficient (Wildman–Crippen LogP) is 5.18.